The Kier molecular flexibility index (Phi) is 3.98. The number of nitrogens with one attached hydrogen (secondary N) is 1. The van der Waals surface area contributed by atoms with E-state index >= 15 is 0 Å². The zero-order chi connectivity index (χ0) is 12.5. The molecule has 2 rings (SSSR count). The number of piperidine rings is 2. The van der Waals surface area contributed by atoms with Gasteiger partial charge in [-0.2, -0.15) is 13.2 Å². The van der Waals surface area contributed by atoms with Gasteiger partial charge in [0.15, 0.2) is 0 Å². The normalized spacial score (nSPS) is 37.1. The predicted molar refractivity (Wildman–Crippen MR) is 60.5 cm³/mol. The van der Waals surface area contributed by atoms with Gasteiger partial charge >= 0.3 is 6.18 Å². The maximum atomic E-state index is 13.0. The third kappa shape index (κ3) is 3.13. The van der Waals surface area contributed by atoms with Crippen LogP contribution >= 0.6 is 0 Å². The summed E-state index contributed by atoms with van der Waals surface area (Å²) in [7, 11) is 0. The maximum Gasteiger partial charge on any atom is 0.394 e. The van der Waals surface area contributed by atoms with E-state index in [1.165, 1.54) is 0 Å². The van der Waals surface area contributed by atoms with E-state index in [1.807, 2.05) is 4.90 Å². The van der Waals surface area contributed by atoms with E-state index in [1.54, 1.807) is 0 Å². The monoisotopic (exact) mass is 250 g/mol. The molecule has 0 bridgehead atoms. The Morgan fingerprint density at radius 3 is 2.59 bits per heavy atom. The largest absolute Gasteiger partial charge is 0.394 e. The topological polar surface area (TPSA) is 15.3 Å². The van der Waals surface area contributed by atoms with Crippen molar-refractivity contribution in [3.05, 3.63) is 0 Å². The molecule has 0 aliphatic carbocycles. The molecule has 0 aromatic carbocycles. The maximum absolute atomic E-state index is 13.0. The molecule has 2 aliphatic heterocycles. The van der Waals surface area contributed by atoms with Gasteiger partial charge in [-0.3, -0.25) is 4.90 Å². The molecule has 2 aliphatic rings. The van der Waals surface area contributed by atoms with Crippen LogP contribution in [0.25, 0.3) is 0 Å². The van der Waals surface area contributed by atoms with Crippen LogP contribution in [-0.4, -0.2) is 36.9 Å². The highest BCUT2D eigenvalue weighted by Crippen LogP contribution is 2.36. The van der Waals surface area contributed by atoms with Crippen molar-refractivity contribution in [3.8, 4) is 0 Å². The van der Waals surface area contributed by atoms with Gasteiger partial charge in [0.25, 0.3) is 0 Å². The average Bonchev–Trinajstić information content (AvgIpc) is 2.28. The van der Waals surface area contributed by atoms with Crippen molar-refractivity contribution in [2.75, 3.05) is 19.6 Å². The van der Waals surface area contributed by atoms with Gasteiger partial charge in [-0.1, -0.05) is 6.92 Å². The molecule has 17 heavy (non-hydrogen) atoms. The Morgan fingerprint density at radius 1 is 1.18 bits per heavy atom. The molecule has 1 N–H and O–H groups in total. The van der Waals surface area contributed by atoms with Crippen molar-refractivity contribution in [1.29, 1.82) is 0 Å². The van der Waals surface area contributed by atoms with Gasteiger partial charge in [-0.05, 0) is 44.7 Å². The summed E-state index contributed by atoms with van der Waals surface area (Å²) in [6.45, 7) is 4.43. The van der Waals surface area contributed by atoms with Crippen molar-refractivity contribution >= 4 is 0 Å². The minimum atomic E-state index is -4.07. The van der Waals surface area contributed by atoms with Gasteiger partial charge in [0.05, 0.1) is 12.1 Å². The van der Waals surface area contributed by atoms with Gasteiger partial charge in [0.1, 0.15) is 0 Å². The first-order valence-electron chi connectivity index (χ1n) is 6.52. The van der Waals surface area contributed by atoms with Crippen molar-refractivity contribution < 1.29 is 13.2 Å². The second-order valence-corrected chi connectivity index (χ2v) is 5.43. The summed E-state index contributed by atoms with van der Waals surface area (Å²) in [6.07, 6.45) is -1.51. The van der Waals surface area contributed by atoms with Crippen LogP contribution in [0.4, 0.5) is 13.2 Å². The Labute approximate surface area is 101 Å². The molecule has 5 heteroatoms. The summed E-state index contributed by atoms with van der Waals surface area (Å²) in [4.78, 5) is 2.01. The van der Waals surface area contributed by atoms with Gasteiger partial charge < -0.3 is 5.32 Å². The zero-order valence-electron chi connectivity index (χ0n) is 10.3. The van der Waals surface area contributed by atoms with E-state index in [9.17, 15) is 13.2 Å². The minimum Gasteiger partial charge on any atom is -0.301 e. The lowest BCUT2D eigenvalue weighted by Gasteiger charge is -2.44. The summed E-state index contributed by atoms with van der Waals surface area (Å²) in [5.41, 5.74) is 0. The van der Waals surface area contributed by atoms with Gasteiger partial charge in [0, 0.05) is 6.54 Å². The van der Waals surface area contributed by atoms with E-state index in [4.69, 9.17) is 0 Å². The smallest absolute Gasteiger partial charge is 0.301 e. The van der Waals surface area contributed by atoms with E-state index in [-0.39, 0.29) is 6.42 Å². The fourth-order valence-corrected chi connectivity index (χ4v) is 3.08. The number of nitrogens with zero attached hydrogens (tertiary/aromatic N) is 1. The molecular weight excluding hydrogens is 229 g/mol. The predicted octanol–water partition coefficient (Wildman–Crippen LogP) is 2.61. The highest BCUT2D eigenvalue weighted by atomic mass is 19.4. The van der Waals surface area contributed by atoms with Gasteiger partial charge in [-0.25, -0.2) is 0 Å². The van der Waals surface area contributed by atoms with Crippen molar-refractivity contribution in [1.82, 2.24) is 10.2 Å². The van der Waals surface area contributed by atoms with Crippen LogP contribution in [0, 0.1) is 11.8 Å². The summed E-state index contributed by atoms with van der Waals surface area (Å²) in [5, 5.41) is 3.07. The number of likely N-dealkylation sites (tertiary alicyclic amines) is 1. The molecule has 0 spiro atoms. The highest BCUT2D eigenvalue weighted by Gasteiger charge is 2.47. The molecule has 2 unspecified atom stereocenters. The molecule has 0 radical (unpaired) electrons. The Hall–Kier alpha value is -0.290. The number of rotatable bonds is 1. The molecule has 2 saturated heterocycles. The van der Waals surface area contributed by atoms with E-state index in [2.05, 4.69) is 12.2 Å². The molecular formula is C12H21F3N2. The second kappa shape index (κ2) is 5.14. The Balaban J connectivity index is 2.05. The number of alkyl halides is 3. The second-order valence-electron chi connectivity index (χ2n) is 5.43. The molecule has 0 amide bonds. The molecule has 2 nitrogen and oxygen atoms in total. The number of hydrogen-bond acceptors (Lipinski definition) is 2. The Bertz CT molecular complexity index is 255. The fourth-order valence-electron chi connectivity index (χ4n) is 3.08. The molecule has 100 valence electrons. The van der Waals surface area contributed by atoms with Crippen LogP contribution in [0.15, 0.2) is 0 Å². The lowest BCUT2D eigenvalue weighted by molar-refractivity contribution is -0.203. The molecule has 3 atom stereocenters. The Morgan fingerprint density at radius 2 is 1.94 bits per heavy atom. The lowest BCUT2D eigenvalue weighted by Crippen LogP contribution is -2.59. The summed E-state index contributed by atoms with van der Waals surface area (Å²) >= 11 is 0. The van der Waals surface area contributed by atoms with Gasteiger partial charge in [0.2, 0.25) is 0 Å². The lowest BCUT2D eigenvalue weighted by atomic mass is 9.91. The molecule has 2 heterocycles. The van der Waals surface area contributed by atoms with Crippen LogP contribution in [0.2, 0.25) is 0 Å². The third-order valence-electron chi connectivity index (χ3n) is 3.93. The van der Waals surface area contributed by atoms with Gasteiger partial charge in [-0.15, -0.1) is 0 Å². The molecule has 0 saturated carbocycles. The van der Waals surface area contributed by atoms with E-state index in [0.717, 1.165) is 25.9 Å². The summed E-state index contributed by atoms with van der Waals surface area (Å²) < 4.78 is 38.9. The number of hydrogen-bond donors (Lipinski definition) is 1. The number of halogens is 3. The average molecular weight is 250 g/mol. The SMILES string of the molecule is C[C@H]1CCCN(C2NCCCC2C(F)(F)F)C1. The standard InChI is InChI=1S/C12H21F3N2/c1-9-4-3-7-17(8-9)11-10(12(13,14)15)5-2-6-16-11/h9-11,16H,2-8H2,1H3/t9-,10?,11?/m0/s1. The molecule has 2 fully saturated rings. The van der Waals surface area contributed by atoms with Crippen molar-refractivity contribution in [2.45, 2.75) is 44.9 Å². The zero-order valence-corrected chi connectivity index (χ0v) is 10.3. The van der Waals surface area contributed by atoms with Crippen LogP contribution in [0.3, 0.4) is 0 Å². The van der Waals surface area contributed by atoms with E-state index in [0.29, 0.717) is 18.9 Å². The molecule has 0 aromatic heterocycles. The fraction of sp³-hybridized carbons (Fsp3) is 1.00. The van der Waals surface area contributed by atoms with Crippen molar-refractivity contribution in [3.63, 3.8) is 0 Å². The third-order valence-corrected chi connectivity index (χ3v) is 3.93. The van der Waals surface area contributed by atoms with Crippen LogP contribution in [0.5, 0.6) is 0 Å². The van der Waals surface area contributed by atoms with Crippen LogP contribution < -0.4 is 5.32 Å². The van der Waals surface area contributed by atoms with Crippen LogP contribution in [0.1, 0.15) is 32.6 Å². The highest BCUT2D eigenvalue weighted by molar-refractivity contribution is 4.88. The first-order valence-corrected chi connectivity index (χ1v) is 6.52. The van der Waals surface area contributed by atoms with Crippen molar-refractivity contribution in [2.24, 2.45) is 11.8 Å². The molecule has 0 aromatic rings. The minimum absolute atomic E-state index is 0.270. The van der Waals surface area contributed by atoms with E-state index < -0.39 is 18.3 Å². The first kappa shape index (κ1) is 13.1. The first-order chi connectivity index (χ1) is 7.98. The summed E-state index contributed by atoms with van der Waals surface area (Å²) in [5.74, 6) is -0.678. The summed E-state index contributed by atoms with van der Waals surface area (Å²) in [6, 6.07) is 0. The quantitative estimate of drug-likeness (QED) is 0.769. The van der Waals surface area contributed by atoms with Crippen LogP contribution in [-0.2, 0) is 0 Å².